The predicted octanol–water partition coefficient (Wildman–Crippen LogP) is 3.00. The van der Waals surface area contributed by atoms with E-state index in [0.717, 1.165) is 32.1 Å². The van der Waals surface area contributed by atoms with Gasteiger partial charge < -0.3 is 5.32 Å². The third-order valence-corrected chi connectivity index (χ3v) is 6.92. The molecule has 3 rings (SSSR count). The van der Waals surface area contributed by atoms with Gasteiger partial charge in [0, 0.05) is 11.6 Å². The molecule has 2 aliphatic rings. The number of carbonyl (C=O) groups excluding carboxylic acids is 1. The minimum atomic E-state index is -3.21. The van der Waals surface area contributed by atoms with E-state index in [4.69, 9.17) is 0 Å². The number of sulfone groups is 1. The quantitative estimate of drug-likeness (QED) is 0.930. The van der Waals surface area contributed by atoms with Crippen LogP contribution in [-0.2, 0) is 14.6 Å². The molecule has 2 fully saturated rings. The summed E-state index contributed by atoms with van der Waals surface area (Å²) < 4.78 is 24.9. The summed E-state index contributed by atoms with van der Waals surface area (Å²) >= 11 is 0. The Bertz CT molecular complexity index is 630. The lowest BCUT2D eigenvalue weighted by Gasteiger charge is -2.12. The van der Waals surface area contributed by atoms with Gasteiger partial charge in [-0.3, -0.25) is 4.79 Å². The van der Waals surface area contributed by atoms with Crippen LogP contribution in [0.25, 0.3) is 0 Å². The van der Waals surface area contributed by atoms with Crippen LogP contribution in [0.5, 0.6) is 0 Å². The molecule has 2 atom stereocenters. The zero-order valence-corrected chi connectivity index (χ0v) is 13.0. The molecule has 0 aliphatic heterocycles. The Balaban J connectivity index is 1.70. The van der Waals surface area contributed by atoms with Crippen LogP contribution in [0, 0.1) is 11.8 Å². The third kappa shape index (κ3) is 2.98. The summed E-state index contributed by atoms with van der Waals surface area (Å²) in [5, 5.41) is 2.62. The highest BCUT2D eigenvalue weighted by atomic mass is 32.2. The van der Waals surface area contributed by atoms with E-state index in [-0.39, 0.29) is 17.1 Å². The van der Waals surface area contributed by atoms with Crippen molar-refractivity contribution in [2.45, 2.75) is 49.2 Å². The number of carbonyl (C=O) groups is 1. The number of hydrogen-bond donors (Lipinski definition) is 1. The highest BCUT2D eigenvalue weighted by Crippen LogP contribution is 2.38. The van der Waals surface area contributed by atoms with E-state index >= 15 is 0 Å². The first-order valence-electron chi connectivity index (χ1n) is 7.63. The first-order chi connectivity index (χ1) is 9.98. The van der Waals surface area contributed by atoms with Gasteiger partial charge in [-0.15, -0.1) is 0 Å². The van der Waals surface area contributed by atoms with E-state index in [1.165, 1.54) is 0 Å². The molecule has 21 heavy (non-hydrogen) atoms. The summed E-state index contributed by atoms with van der Waals surface area (Å²) in [5.41, 5.74) is 0.671. The standard InChI is InChI=1S/C16H21NO3S/c1-11-10-15(11)16(18)17-12-6-8-14(9-7-12)21(19,20)13-4-2-3-5-13/h6-9,11,13,15H,2-5,10H2,1H3,(H,17,18). The predicted molar refractivity (Wildman–Crippen MR) is 81.8 cm³/mol. The van der Waals surface area contributed by atoms with Gasteiger partial charge in [0.05, 0.1) is 10.1 Å². The second-order valence-electron chi connectivity index (χ2n) is 6.28. The van der Waals surface area contributed by atoms with Crippen molar-refractivity contribution < 1.29 is 13.2 Å². The molecule has 5 heteroatoms. The molecule has 0 radical (unpaired) electrons. The number of benzene rings is 1. The summed E-state index contributed by atoms with van der Waals surface area (Å²) in [6.45, 7) is 2.06. The Hall–Kier alpha value is -1.36. The van der Waals surface area contributed by atoms with Crippen molar-refractivity contribution in [2.24, 2.45) is 11.8 Å². The van der Waals surface area contributed by atoms with Crippen molar-refractivity contribution in [3.8, 4) is 0 Å². The molecule has 2 unspecified atom stereocenters. The molecule has 114 valence electrons. The molecule has 1 aromatic rings. The lowest BCUT2D eigenvalue weighted by molar-refractivity contribution is -0.117. The van der Waals surface area contributed by atoms with Crippen LogP contribution in [0.4, 0.5) is 5.69 Å². The van der Waals surface area contributed by atoms with Crippen LogP contribution in [-0.4, -0.2) is 19.6 Å². The fraction of sp³-hybridized carbons (Fsp3) is 0.562. The van der Waals surface area contributed by atoms with Crippen molar-refractivity contribution in [3.05, 3.63) is 24.3 Å². The maximum absolute atomic E-state index is 12.4. The first-order valence-corrected chi connectivity index (χ1v) is 9.18. The van der Waals surface area contributed by atoms with Gasteiger partial charge in [-0.05, 0) is 49.4 Å². The van der Waals surface area contributed by atoms with Crippen LogP contribution in [0.3, 0.4) is 0 Å². The van der Waals surface area contributed by atoms with Gasteiger partial charge >= 0.3 is 0 Å². The number of anilines is 1. The zero-order valence-electron chi connectivity index (χ0n) is 12.2. The van der Waals surface area contributed by atoms with Crippen LogP contribution >= 0.6 is 0 Å². The van der Waals surface area contributed by atoms with Crippen LogP contribution in [0.15, 0.2) is 29.2 Å². The average molecular weight is 307 g/mol. The Morgan fingerprint density at radius 3 is 2.24 bits per heavy atom. The minimum Gasteiger partial charge on any atom is -0.326 e. The fourth-order valence-corrected chi connectivity index (χ4v) is 4.90. The summed E-state index contributed by atoms with van der Waals surface area (Å²) in [4.78, 5) is 12.2. The van der Waals surface area contributed by atoms with Gasteiger partial charge in [0.15, 0.2) is 9.84 Å². The average Bonchev–Trinajstić information content (AvgIpc) is 2.96. The summed E-state index contributed by atoms with van der Waals surface area (Å²) in [5.74, 6) is 0.618. The molecule has 0 bridgehead atoms. The van der Waals surface area contributed by atoms with Gasteiger partial charge in [-0.25, -0.2) is 8.42 Å². The summed E-state index contributed by atoms with van der Waals surface area (Å²) in [6.07, 6.45) is 4.47. The molecule has 2 saturated carbocycles. The van der Waals surface area contributed by atoms with Gasteiger partial charge in [0.25, 0.3) is 0 Å². The lowest BCUT2D eigenvalue weighted by atomic mass is 10.3. The number of hydrogen-bond acceptors (Lipinski definition) is 3. The number of nitrogens with one attached hydrogen (secondary N) is 1. The van der Waals surface area contributed by atoms with E-state index in [1.807, 2.05) is 0 Å². The summed E-state index contributed by atoms with van der Waals surface area (Å²) in [7, 11) is -3.21. The normalized spacial score (nSPS) is 25.8. The largest absolute Gasteiger partial charge is 0.326 e. The van der Waals surface area contributed by atoms with Crippen LogP contribution in [0.2, 0.25) is 0 Å². The minimum absolute atomic E-state index is 0.0360. The molecular weight excluding hydrogens is 286 g/mol. The second kappa shape index (κ2) is 5.44. The molecule has 1 N–H and O–H groups in total. The Morgan fingerprint density at radius 1 is 1.14 bits per heavy atom. The molecule has 1 aromatic carbocycles. The molecule has 2 aliphatic carbocycles. The first kappa shape index (κ1) is 14.6. The molecular formula is C16H21NO3S. The Labute approximate surface area is 125 Å². The molecule has 4 nitrogen and oxygen atoms in total. The van der Waals surface area contributed by atoms with Crippen LogP contribution in [0.1, 0.15) is 39.0 Å². The number of rotatable bonds is 4. The van der Waals surface area contributed by atoms with Crippen molar-refractivity contribution in [2.75, 3.05) is 5.32 Å². The van der Waals surface area contributed by atoms with Crippen molar-refractivity contribution in [1.82, 2.24) is 0 Å². The maximum Gasteiger partial charge on any atom is 0.227 e. The fourth-order valence-electron chi connectivity index (χ4n) is 3.04. The lowest BCUT2D eigenvalue weighted by Crippen LogP contribution is -2.18. The van der Waals surface area contributed by atoms with Gasteiger partial charge in [0.2, 0.25) is 5.91 Å². The zero-order chi connectivity index (χ0) is 15.0. The van der Waals surface area contributed by atoms with Crippen molar-refractivity contribution >= 4 is 21.4 Å². The van der Waals surface area contributed by atoms with Crippen molar-refractivity contribution in [1.29, 1.82) is 0 Å². The summed E-state index contributed by atoms with van der Waals surface area (Å²) in [6, 6.07) is 6.60. The van der Waals surface area contributed by atoms with E-state index in [9.17, 15) is 13.2 Å². The van der Waals surface area contributed by atoms with E-state index < -0.39 is 9.84 Å². The molecule has 0 saturated heterocycles. The highest BCUT2D eigenvalue weighted by Gasteiger charge is 2.39. The van der Waals surface area contributed by atoms with Gasteiger partial charge in [-0.2, -0.15) is 0 Å². The van der Waals surface area contributed by atoms with E-state index in [2.05, 4.69) is 12.2 Å². The molecule has 0 aromatic heterocycles. The van der Waals surface area contributed by atoms with Gasteiger partial charge in [0.1, 0.15) is 0 Å². The molecule has 0 heterocycles. The monoisotopic (exact) mass is 307 g/mol. The maximum atomic E-state index is 12.4. The molecule has 1 amide bonds. The third-order valence-electron chi connectivity index (χ3n) is 4.64. The Morgan fingerprint density at radius 2 is 1.71 bits per heavy atom. The van der Waals surface area contributed by atoms with E-state index in [0.29, 0.717) is 16.5 Å². The van der Waals surface area contributed by atoms with Crippen LogP contribution < -0.4 is 5.32 Å². The second-order valence-corrected chi connectivity index (χ2v) is 8.51. The topological polar surface area (TPSA) is 63.2 Å². The highest BCUT2D eigenvalue weighted by molar-refractivity contribution is 7.92. The van der Waals surface area contributed by atoms with E-state index in [1.54, 1.807) is 24.3 Å². The number of amides is 1. The molecule has 0 spiro atoms. The van der Waals surface area contributed by atoms with Gasteiger partial charge in [-0.1, -0.05) is 19.8 Å². The smallest absolute Gasteiger partial charge is 0.227 e. The van der Waals surface area contributed by atoms with Crippen molar-refractivity contribution in [3.63, 3.8) is 0 Å². The Kier molecular flexibility index (Phi) is 3.78. The SMILES string of the molecule is CC1CC1C(=O)Nc1ccc(S(=O)(=O)C2CCCC2)cc1.